The van der Waals surface area contributed by atoms with E-state index < -0.39 is 0 Å². The van der Waals surface area contributed by atoms with Crippen LogP contribution in [0.15, 0.2) is 60.4 Å². The van der Waals surface area contributed by atoms with Crippen LogP contribution in [0.5, 0.6) is 0 Å². The molecule has 7 atom stereocenters. The Labute approximate surface area is 256 Å². The first-order valence-corrected chi connectivity index (χ1v) is 16.7. The minimum absolute atomic E-state index is 0.0411. The maximum absolute atomic E-state index is 12.4. The van der Waals surface area contributed by atoms with Crippen LogP contribution in [-0.2, 0) is 27.2 Å². The van der Waals surface area contributed by atoms with E-state index >= 15 is 0 Å². The lowest BCUT2D eigenvalue weighted by molar-refractivity contribution is -0.159. The van der Waals surface area contributed by atoms with E-state index in [-0.39, 0.29) is 28.8 Å². The minimum Gasteiger partial charge on any atom is -0.462 e. The molecule has 2 aromatic rings. The highest BCUT2D eigenvalue weighted by molar-refractivity contribution is 6.00. The van der Waals surface area contributed by atoms with Gasteiger partial charge in [-0.15, -0.1) is 0 Å². The lowest BCUT2D eigenvalue weighted by Gasteiger charge is -2.57. The number of nitrogens with zero attached hydrogens (tertiary/aromatic N) is 1. The molecule has 5 heteroatoms. The van der Waals surface area contributed by atoms with E-state index in [0.29, 0.717) is 29.8 Å². The summed E-state index contributed by atoms with van der Waals surface area (Å²) < 4.78 is 5.86. The van der Waals surface area contributed by atoms with Gasteiger partial charge in [0.25, 0.3) is 0 Å². The van der Waals surface area contributed by atoms with Crippen molar-refractivity contribution in [2.45, 2.75) is 104 Å². The molecule has 0 amide bonds. The molecule has 0 aliphatic heterocycles. The number of carbonyl (C=O) groups is 3. The molecule has 5 nitrogen and oxygen atoms in total. The maximum atomic E-state index is 12.4. The number of benzene rings is 1. The van der Waals surface area contributed by atoms with Crippen molar-refractivity contribution in [3.05, 3.63) is 77.1 Å². The van der Waals surface area contributed by atoms with Gasteiger partial charge in [0.15, 0.2) is 11.6 Å². The third kappa shape index (κ3) is 5.65. The molecule has 3 fully saturated rings. The maximum Gasteiger partial charge on any atom is 0.305 e. The quantitative estimate of drug-likeness (QED) is 0.343. The predicted molar refractivity (Wildman–Crippen MR) is 167 cm³/mol. The van der Waals surface area contributed by atoms with Crippen LogP contribution >= 0.6 is 0 Å². The van der Waals surface area contributed by atoms with Gasteiger partial charge in [-0.1, -0.05) is 50.6 Å². The summed E-state index contributed by atoms with van der Waals surface area (Å²) in [7, 11) is 0. The van der Waals surface area contributed by atoms with Crippen molar-refractivity contribution in [2.75, 3.05) is 0 Å². The highest BCUT2D eigenvalue weighted by atomic mass is 16.5. The third-order valence-corrected chi connectivity index (χ3v) is 12.1. The molecule has 1 aromatic heterocycles. The van der Waals surface area contributed by atoms with E-state index in [1.165, 1.54) is 36.0 Å². The normalized spacial score (nSPS) is 34.4. The summed E-state index contributed by atoms with van der Waals surface area (Å²) in [5, 5.41) is 0. The molecule has 7 rings (SSSR count). The van der Waals surface area contributed by atoms with Gasteiger partial charge in [-0.25, -0.2) is 0 Å². The molecular formula is C38H47NO4. The summed E-state index contributed by atoms with van der Waals surface area (Å²) >= 11 is 0. The van der Waals surface area contributed by atoms with Gasteiger partial charge in [0.05, 0.1) is 0 Å². The van der Waals surface area contributed by atoms with Gasteiger partial charge in [-0.05, 0) is 117 Å². The van der Waals surface area contributed by atoms with E-state index in [2.05, 4.69) is 24.9 Å². The molecule has 0 N–H and O–H groups in total. The van der Waals surface area contributed by atoms with Gasteiger partial charge in [-0.2, -0.15) is 0 Å². The van der Waals surface area contributed by atoms with Crippen LogP contribution in [0.25, 0.3) is 0 Å². The molecule has 3 saturated carbocycles. The molecule has 1 unspecified atom stereocenters. The fourth-order valence-corrected chi connectivity index (χ4v) is 9.60. The van der Waals surface area contributed by atoms with E-state index in [4.69, 9.17) is 4.74 Å². The predicted octanol–water partition coefficient (Wildman–Crippen LogP) is 7.91. The highest BCUT2D eigenvalue weighted by Crippen LogP contribution is 2.65. The van der Waals surface area contributed by atoms with Crippen molar-refractivity contribution < 1.29 is 19.1 Å². The number of hydrogen-bond donors (Lipinski definition) is 0. The van der Waals surface area contributed by atoms with Gasteiger partial charge >= 0.3 is 5.97 Å². The third-order valence-electron chi connectivity index (χ3n) is 12.1. The first kappa shape index (κ1) is 30.0. The lowest BCUT2D eigenvalue weighted by atomic mass is 9.47. The first-order valence-electron chi connectivity index (χ1n) is 16.7. The number of esters is 1. The second-order valence-electron chi connectivity index (χ2n) is 14.2. The summed E-state index contributed by atoms with van der Waals surface area (Å²) in [5.41, 5.74) is 5.14. The Morgan fingerprint density at radius 3 is 2.49 bits per heavy atom. The Bertz CT molecular complexity index is 1400. The number of carbonyl (C=O) groups excluding carboxylic acids is 3. The van der Waals surface area contributed by atoms with Gasteiger partial charge in [0, 0.05) is 42.1 Å². The topological polar surface area (TPSA) is 73.3 Å². The fraction of sp³-hybridized carbons (Fsp3) is 0.579. The Kier molecular flexibility index (Phi) is 8.45. The van der Waals surface area contributed by atoms with E-state index in [1.54, 1.807) is 12.4 Å². The molecule has 1 heterocycles. The first-order chi connectivity index (χ1) is 20.7. The molecule has 5 aliphatic carbocycles. The van der Waals surface area contributed by atoms with E-state index in [0.717, 1.165) is 62.8 Å². The second-order valence-corrected chi connectivity index (χ2v) is 14.2. The number of Topliss-reactive ketones (excluding diaryl/α,β-unsaturated/α-hetero) is 1. The van der Waals surface area contributed by atoms with Crippen LogP contribution in [0, 0.1) is 34.5 Å². The smallest absolute Gasteiger partial charge is 0.305 e. The van der Waals surface area contributed by atoms with Gasteiger partial charge in [-0.3, -0.25) is 19.4 Å². The van der Waals surface area contributed by atoms with Crippen LogP contribution < -0.4 is 0 Å². The standard InChI is InChI=1S/C22H32O3.C16H15NO/c1-4-20(24)25-19-8-7-17-16-6-5-14-13-15(23)9-11-21(14,2)18(16)10-12-22(17,19)3;18-16-14(11-12-7-9-17-10-8-12)6-5-13-3-1-2-4-15(13)16/h13,16-19H,4-12H2,1-3H3;1-4,7-10,14H,5-6,11H2/t16-,17-,18-,19-,21-,22-;/m0./s1. The zero-order valence-corrected chi connectivity index (χ0v) is 26.1. The van der Waals surface area contributed by atoms with Crippen LogP contribution in [-0.4, -0.2) is 28.6 Å². The second kappa shape index (κ2) is 12.1. The molecule has 0 spiro atoms. The van der Waals surface area contributed by atoms with Crippen molar-refractivity contribution in [3.8, 4) is 0 Å². The van der Waals surface area contributed by atoms with Crippen molar-refractivity contribution in [1.29, 1.82) is 0 Å². The van der Waals surface area contributed by atoms with E-state index in [9.17, 15) is 14.4 Å². The highest BCUT2D eigenvalue weighted by Gasteiger charge is 2.59. The average molecular weight is 582 g/mol. The number of ketones is 2. The summed E-state index contributed by atoms with van der Waals surface area (Å²) in [6.07, 6.45) is 17.6. The number of allylic oxidation sites excluding steroid dienone is 1. The zero-order chi connectivity index (χ0) is 30.2. The van der Waals surface area contributed by atoms with Gasteiger partial charge in [0.2, 0.25) is 0 Å². The number of rotatable bonds is 4. The Hall–Kier alpha value is -3.08. The number of ether oxygens (including phenoxy) is 1. The number of aryl methyl sites for hydroxylation is 1. The summed E-state index contributed by atoms with van der Waals surface area (Å²) in [6.45, 7) is 6.69. The monoisotopic (exact) mass is 581 g/mol. The molecule has 1 aromatic carbocycles. The molecular weight excluding hydrogens is 534 g/mol. The Morgan fingerprint density at radius 2 is 1.70 bits per heavy atom. The van der Waals surface area contributed by atoms with Crippen LogP contribution in [0.1, 0.15) is 106 Å². The largest absolute Gasteiger partial charge is 0.462 e. The van der Waals surface area contributed by atoms with Crippen LogP contribution in [0.3, 0.4) is 0 Å². The molecule has 0 saturated heterocycles. The molecule has 0 bridgehead atoms. The number of hydrogen-bond acceptors (Lipinski definition) is 5. The Morgan fingerprint density at radius 1 is 0.907 bits per heavy atom. The fourth-order valence-electron chi connectivity index (χ4n) is 9.60. The number of pyridine rings is 1. The average Bonchev–Trinajstić information content (AvgIpc) is 3.35. The molecule has 43 heavy (non-hydrogen) atoms. The van der Waals surface area contributed by atoms with Gasteiger partial charge < -0.3 is 4.74 Å². The molecule has 228 valence electrons. The zero-order valence-electron chi connectivity index (χ0n) is 26.1. The summed E-state index contributed by atoms with van der Waals surface area (Å²) in [5.74, 6) is 2.84. The molecule has 0 radical (unpaired) electrons. The minimum atomic E-state index is -0.0411. The van der Waals surface area contributed by atoms with Crippen LogP contribution in [0.2, 0.25) is 0 Å². The number of fused-ring (bicyclic) bond motifs is 6. The Balaban J connectivity index is 0.000000162. The number of aromatic nitrogens is 1. The van der Waals surface area contributed by atoms with Crippen molar-refractivity contribution in [1.82, 2.24) is 4.98 Å². The summed E-state index contributed by atoms with van der Waals surface area (Å²) in [6, 6.07) is 12.0. The lowest BCUT2D eigenvalue weighted by Crippen LogP contribution is -2.51. The van der Waals surface area contributed by atoms with Crippen molar-refractivity contribution in [2.24, 2.45) is 34.5 Å². The van der Waals surface area contributed by atoms with Gasteiger partial charge in [0.1, 0.15) is 6.10 Å². The summed E-state index contributed by atoms with van der Waals surface area (Å²) in [4.78, 5) is 40.2. The van der Waals surface area contributed by atoms with E-state index in [1.807, 2.05) is 43.3 Å². The van der Waals surface area contributed by atoms with Crippen molar-refractivity contribution >= 4 is 17.5 Å². The van der Waals surface area contributed by atoms with Crippen LogP contribution in [0.4, 0.5) is 0 Å². The van der Waals surface area contributed by atoms with Crippen molar-refractivity contribution in [3.63, 3.8) is 0 Å². The SMILES string of the molecule is CCC(=O)O[C@H]1CC[C@H]2[C@@H]3CCC4=CC(=O)CC[C@]4(C)[C@H]3CC[C@]12C.O=C1c2ccccc2CCC1Cc1ccncc1. The molecule has 5 aliphatic rings.